The van der Waals surface area contributed by atoms with E-state index in [1.807, 2.05) is 19.1 Å². The third-order valence-corrected chi connectivity index (χ3v) is 3.37. The molecule has 0 fully saturated rings. The molecule has 0 aliphatic carbocycles. The van der Waals surface area contributed by atoms with Crippen molar-refractivity contribution in [3.8, 4) is 0 Å². The molecule has 1 aromatic carbocycles. The topological polar surface area (TPSA) is 97.1 Å². The number of nitrogens with zero attached hydrogens (tertiary/aromatic N) is 3. The first-order valence-electron chi connectivity index (χ1n) is 5.65. The fraction of sp³-hybridized carbons (Fsp3) is 0.167. The van der Waals surface area contributed by atoms with Gasteiger partial charge in [0.05, 0.1) is 6.20 Å². The van der Waals surface area contributed by atoms with Crippen molar-refractivity contribution in [3.05, 3.63) is 40.1 Å². The minimum absolute atomic E-state index is 0.0619. The first-order valence-corrected chi connectivity index (χ1v) is 6.44. The minimum atomic E-state index is -1.05. The van der Waals surface area contributed by atoms with Crippen LogP contribution in [0.5, 0.6) is 0 Å². The molecule has 0 atom stereocenters. The number of carboxylic acid groups (broad SMARTS) is 1. The molecule has 0 aliphatic heterocycles. The Morgan fingerprint density at radius 3 is 2.85 bits per heavy atom. The van der Waals surface area contributed by atoms with E-state index in [-0.39, 0.29) is 12.2 Å². The zero-order chi connectivity index (χ0) is 14.7. The van der Waals surface area contributed by atoms with Gasteiger partial charge in [-0.25, -0.2) is 4.68 Å². The number of carbonyl (C=O) groups is 2. The molecule has 0 bridgehead atoms. The van der Waals surface area contributed by atoms with Gasteiger partial charge in [-0.3, -0.25) is 9.59 Å². The molecule has 20 heavy (non-hydrogen) atoms. The van der Waals surface area contributed by atoms with E-state index in [1.165, 1.54) is 6.20 Å². The molecule has 2 N–H and O–H groups in total. The van der Waals surface area contributed by atoms with Crippen molar-refractivity contribution in [1.82, 2.24) is 15.0 Å². The highest BCUT2D eigenvalue weighted by molar-refractivity contribution is 9.10. The lowest BCUT2D eigenvalue weighted by Crippen LogP contribution is -2.12. The second-order valence-corrected chi connectivity index (χ2v) is 4.97. The number of aryl methyl sites for hydroxylation is 1. The summed E-state index contributed by atoms with van der Waals surface area (Å²) < 4.78 is 2.03. The maximum Gasteiger partial charge on any atom is 0.325 e. The van der Waals surface area contributed by atoms with Gasteiger partial charge in [-0.2, -0.15) is 0 Å². The lowest BCUT2D eigenvalue weighted by Gasteiger charge is -2.05. The number of carboxylic acids is 1. The lowest BCUT2D eigenvalue weighted by molar-refractivity contribution is -0.137. The van der Waals surface area contributed by atoms with Gasteiger partial charge < -0.3 is 10.4 Å². The Bertz CT molecular complexity index is 668. The van der Waals surface area contributed by atoms with Gasteiger partial charge >= 0.3 is 5.97 Å². The quantitative estimate of drug-likeness (QED) is 0.883. The molecule has 1 heterocycles. The third kappa shape index (κ3) is 3.41. The number of carbonyl (C=O) groups excluding carboxylic acids is 1. The smallest absolute Gasteiger partial charge is 0.325 e. The lowest BCUT2D eigenvalue weighted by atomic mass is 10.2. The molecular formula is C12H11BrN4O3. The van der Waals surface area contributed by atoms with Gasteiger partial charge in [0, 0.05) is 10.2 Å². The van der Waals surface area contributed by atoms with Crippen LogP contribution in [-0.2, 0) is 11.3 Å². The van der Waals surface area contributed by atoms with Crippen molar-refractivity contribution in [2.24, 2.45) is 0 Å². The predicted octanol–water partition coefficient (Wildman–Crippen LogP) is 1.69. The summed E-state index contributed by atoms with van der Waals surface area (Å²) in [5.41, 5.74) is 1.67. The molecule has 0 saturated carbocycles. The number of hydrogen-bond acceptors (Lipinski definition) is 4. The van der Waals surface area contributed by atoms with E-state index in [1.54, 1.807) is 6.07 Å². The van der Waals surface area contributed by atoms with Gasteiger partial charge in [0.15, 0.2) is 5.69 Å². The summed E-state index contributed by atoms with van der Waals surface area (Å²) in [4.78, 5) is 22.4. The third-order valence-electron chi connectivity index (χ3n) is 2.48. The van der Waals surface area contributed by atoms with Crippen molar-refractivity contribution >= 4 is 33.5 Å². The zero-order valence-corrected chi connectivity index (χ0v) is 12.1. The average Bonchev–Trinajstić information content (AvgIpc) is 2.81. The highest BCUT2D eigenvalue weighted by Gasteiger charge is 2.12. The first-order chi connectivity index (χ1) is 9.45. The number of aliphatic carboxylic acids is 1. The van der Waals surface area contributed by atoms with E-state index in [4.69, 9.17) is 5.11 Å². The minimum Gasteiger partial charge on any atom is -0.480 e. The fourth-order valence-electron chi connectivity index (χ4n) is 1.54. The Hall–Kier alpha value is -2.22. The maximum absolute atomic E-state index is 11.9. The molecule has 0 unspecified atom stereocenters. The number of halogens is 1. The van der Waals surface area contributed by atoms with Crippen LogP contribution in [0.1, 0.15) is 16.1 Å². The van der Waals surface area contributed by atoms with E-state index in [2.05, 4.69) is 31.6 Å². The summed E-state index contributed by atoms with van der Waals surface area (Å²) in [6.45, 7) is 1.57. The van der Waals surface area contributed by atoms with Gasteiger partial charge in [-0.1, -0.05) is 21.1 Å². The standard InChI is InChI=1S/C12H11BrN4O3/c1-7-4-8(2-3-9(7)13)14-12(20)10-5-17(16-15-10)6-11(18)19/h2-5H,6H2,1H3,(H,14,20)(H,18,19). The van der Waals surface area contributed by atoms with E-state index in [0.717, 1.165) is 14.7 Å². The van der Waals surface area contributed by atoms with E-state index >= 15 is 0 Å². The van der Waals surface area contributed by atoms with Gasteiger partial charge in [0.1, 0.15) is 6.54 Å². The number of hydrogen-bond donors (Lipinski definition) is 2. The second-order valence-electron chi connectivity index (χ2n) is 4.11. The number of amides is 1. The van der Waals surface area contributed by atoms with Crippen molar-refractivity contribution < 1.29 is 14.7 Å². The Morgan fingerprint density at radius 1 is 1.45 bits per heavy atom. The molecule has 0 spiro atoms. The van der Waals surface area contributed by atoms with Crippen molar-refractivity contribution in [2.75, 3.05) is 5.32 Å². The van der Waals surface area contributed by atoms with Crippen molar-refractivity contribution in [2.45, 2.75) is 13.5 Å². The SMILES string of the molecule is Cc1cc(NC(=O)c2cn(CC(=O)O)nn2)ccc1Br. The van der Waals surface area contributed by atoms with Crippen LogP contribution in [-0.4, -0.2) is 32.0 Å². The summed E-state index contributed by atoms with van der Waals surface area (Å²) in [5.74, 6) is -1.49. The second kappa shape index (κ2) is 5.83. The monoisotopic (exact) mass is 338 g/mol. The molecule has 0 aliphatic rings. The van der Waals surface area contributed by atoms with E-state index in [9.17, 15) is 9.59 Å². The molecular weight excluding hydrogens is 328 g/mol. The molecule has 1 amide bonds. The summed E-state index contributed by atoms with van der Waals surface area (Å²) in [6.07, 6.45) is 1.29. The molecule has 7 nitrogen and oxygen atoms in total. The number of anilines is 1. The van der Waals surface area contributed by atoms with Crippen LogP contribution in [0, 0.1) is 6.92 Å². The van der Waals surface area contributed by atoms with Crippen molar-refractivity contribution in [1.29, 1.82) is 0 Å². The Balaban J connectivity index is 2.09. The Kier molecular flexibility index (Phi) is 4.14. The fourth-order valence-corrected chi connectivity index (χ4v) is 1.78. The molecule has 1 aromatic heterocycles. The molecule has 104 valence electrons. The van der Waals surface area contributed by atoms with Crippen LogP contribution in [0.2, 0.25) is 0 Å². The number of aromatic nitrogens is 3. The van der Waals surface area contributed by atoms with Gasteiger partial charge in [-0.15, -0.1) is 5.10 Å². The first kappa shape index (κ1) is 14.2. The molecule has 0 radical (unpaired) electrons. The molecule has 0 saturated heterocycles. The summed E-state index contributed by atoms with van der Waals surface area (Å²) >= 11 is 3.37. The van der Waals surface area contributed by atoms with E-state index in [0.29, 0.717) is 5.69 Å². The van der Waals surface area contributed by atoms with Crippen molar-refractivity contribution in [3.63, 3.8) is 0 Å². The van der Waals surface area contributed by atoms with Crippen LogP contribution in [0.3, 0.4) is 0 Å². The van der Waals surface area contributed by atoms with E-state index < -0.39 is 11.9 Å². The largest absolute Gasteiger partial charge is 0.480 e. The van der Waals surface area contributed by atoms with Gasteiger partial charge in [0.25, 0.3) is 5.91 Å². The molecule has 8 heteroatoms. The summed E-state index contributed by atoms with van der Waals surface area (Å²) in [5, 5.41) is 18.5. The van der Waals surface area contributed by atoms with Crippen LogP contribution < -0.4 is 5.32 Å². The average molecular weight is 339 g/mol. The summed E-state index contributed by atoms with van der Waals surface area (Å²) in [6, 6.07) is 5.38. The van der Waals surface area contributed by atoms with Crippen LogP contribution >= 0.6 is 15.9 Å². The van der Waals surface area contributed by atoms with Crippen LogP contribution in [0.25, 0.3) is 0 Å². The molecule has 2 aromatic rings. The highest BCUT2D eigenvalue weighted by atomic mass is 79.9. The van der Waals surface area contributed by atoms with Gasteiger partial charge in [0.2, 0.25) is 0 Å². The van der Waals surface area contributed by atoms with Gasteiger partial charge in [-0.05, 0) is 30.7 Å². The number of nitrogens with one attached hydrogen (secondary N) is 1. The summed E-state index contributed by atoms with van der Waals surface area (Å²) in [7, 11) is 0. The normalized spacial score (nSPS) is 10.3. The molecule has 2 rings (SSSR count). The number of rotatable bonds is 4. The highest BCUT2D eigenvalue weighted by Crippen LogP contribution is 2.20. The Morgan fingerprint density at radius 2 is 2.20 bits per heavy atom. The maximum atomic E-state index is 11.9. The Labute approximate surface area is 122 Å². The number of benzene rings is 1. The van der Waals surface area contributed by atoms with Crippen LogP contribution in [0.4, 0.5) is 5.69 Å². The zero-order valence-electron chi connectivity index (χ0n) is 10.5. The predicted molar refractivity (Wildman–Crippen MR) is 74.5 cm³/mol. The van der Waals surface area contributed by atoms with Crippen LogP contribution in [0.15, 0.2) is 28.9 Å².